The first-order valence-electron chi connectivity index (χ1n) is 15.6. The van der Waals surface area contributed by atoms with Crippen LogP contribution in [0.3, 0.4) is 0 Å². The third-order valence-corrected chi connectivity index (χ3v) is 11.5. The number of hydrogen-bond donors (Lipinski definition) is 0. The summed E-state index contributed by atoms with van der Waals surface area (Å²) in [7, 11) is 0. The van der Waals surface area contributed by atoms with Crippen molar-refractivity contribution >= 4 is 102 Å². The Labute approximate surface area is 281 Å². The molecule has 10 aromatic rings. The highest BCUT2D eigenvalue weighted by Gasteiger charge is 2.25. The van der Waals surface area contributed by atoms with Crippen LogP contribution >= 0.6 is 22.7 Å². The molecule has 0 aliphatic rings. The van der Waals surface area contributed by atoms with Crippen molar-refractivity contribution in [1.29, 1.82) is 0 Å². The van der Waals surface area contributed by atoms with Crippen molar-refractivity contribution in [3.05, 3.63) is 151 Å². The zero-order valence-electron chi connectivity index (χ0n) is 25.2. The summed E-state index contributed by atoms with van der Waals surface area (Å²) in [6, 6.07) is 45.6. The van der Waals surface area contributed by atoms with Crippen LogP contribution in [0.4, 0.5) is 25.8 Å². The maximum absolute atomic E-state index is 14.9. The van der Waals surface area contributed by atoms with Crippen molar-refractivity contribution in [3.63, 3.8) is 0 Å². The number of hydrogen-bond acceptors (Lipinski definition) is 4. The van der Waals surface area contributed by atoms with Gasteiger partial charge in [0, 0.05) is 52.1 Å². The van der Waals surface area contributed by atoms with Gasteiger partial charge in [-0.25, -0.2) is 8.78 Å². The molecular formula is C42H23F2NOS2. The fourth-order valence-electron chi connectivity index (χ4n) is 7.05. The molecule has 0 saturated carbocycles. The second-order valence-corrected chi connectivity index (χ2v) is 14.1. The fraction of sp³-hybridized carbons (Fsp3) is 0. The minimum atomic E-state index is -0.337. The fourth-order valence-corrected chi connectivity index (χ4v) is 9.36. The van der Waals surface area contributed by atoms with E-state index < -0.39 is 0 Å². The van der Waals surface area contributed by atoms with Gasteiger partial charge in [0.2, 0.25) is 0 Å². The molecular weight excluding hydrogens is 637 g/mol. The molecule has 0 spiro atoms. The zero-order chi connectivity index (χ0) is 31.9. The highest BCUT2D eigenvalue weighted by molar-refractivity contribution is 7.26. The second-order valence-electron chi connectivity index (χ2n) is 12.0. The molecule has 48 heavy (non-hydrogen) atoms. The van der Waals surface area contributed by atoms with Gasteiger partial charge in [-0.3, -0.25) is 0 Å². The van der Waals surface area contributed by atoms with Gasteiger partial charge >= 0.3 is 0 Å². The lowest BCUT2D eigenvalue weighted by atomic mass is 10.0. The van der Waals surface area contributed by atoms with E-state index in [-0.39, 0.29) is 11.6 Å². The van der Waals surface area contributed by atoms with E-state index in [0.29, 0.717) is 16.6 Å². The van der Waals surface area contributed by atoms with Crippen LogP contribution in [0.1, 0.15) is 0 Å². The Bertz CT molecular complexity index is 2870. The van der Waals surface area contributed by atoms with Crippen LogP contribution in [0.2, 0.25) is 0 Å². The molecule has 0 saturated heterocycles. The summed E-state index contributed by atoms with van der Waals surface area (Å²) < 4.78 is 40.4. The van der Waals surface area contributed by atoms with E-state index in [9.17, 15) is 8.78 Å². The monoisotopic (exact) mass is 659 g/mol. The van der Waals surface area contributed by atoms with E-state index in [1.165, 1.54) is 33.0 Å². The molecule has 0 radical (unpaired) electrons. The molecule has 0 unspecified atom stereocenters. The van der Waals surface area contributed by atoms with E-state index in [0.717, 1.165) is 59.1 Å². The van der Waals surface area contributed by atoms with Gasteiger partial charge in [-0.15, -0.1) is 22.7 Å². The third-order valence-electron chi connectivity index (χ3n) is 9.17. The first-order valence-corrected chi connectivity index (χ1v) is 17.3. The van der Waals surface area contributed by atoms with Crippen molar-refractivity contribution in [2.45, 2.75) is 0 Å². The average Bonchev–Trinajstić information content (AvgIpc) is 3.80. The van der Waals surface area contributed by atoms with Gasteiger partial charge in [0.1, 0.15) is 22.8 Å². The molecule has 0 amide bonds. The molecule has 2 nitrogen and oxygen atoms in total. The van der Waals surface area contributed by atoms with E-state index in [2.05, 4.69) is 89.8 Å². The molecule has 3 aromatic heterocycles. The van der Waals surface area contributed by atoms with Gasteiger partial charge in [0.05, 0.1) is 16.1 Å². The van der Waals surface area contributed by atoms with Crippen LogP contribution in [0.15, 0.2) is 144 Å². The molecule has 0 atom stereocenters. The number of anilines is 3. The number of benzene rings is 7. The third kappa shape index (κ3) is 4.13. The first-order chi connectivity index (χ1) is 23.6. The van der Waals surface area contributed by atoms with E-state index in [1.54, 1.807) is 34.8 Å². The minimum Gasteiger partial charge on any atom is -0.455 e. The SMILES string of the molecule is Fc1ccc2oc3c(cc(N(c4ccc(-c5ccccc5)cc4)c4cccc5sc6ccccc6c45)c4sc5ccc(F)cc5c43)c2c1. The normalized spacial score (nSPS) is 12.0. The maximum Gasteiger partial charge on any atom is 0.144 e. The number of fused-ring (bicyclic) bond motifs is 10. The quantitative estimate of drug-likeness (QED) is 0.187. The molecule has 0 N–H and O–H groups in total. The maximum atomic E-state index is 14.9. The molecule has 0 bridgehead atoms. The van der Waals surface area contributed by atoms with Crippen LogP contribution in [0, 0.1) is 11.6 Å². The van der Waals surface area contributed by atoms with E-state index >= 15 is 0 Å². The van der Waals surface area contributed by atoms with Crippen LogP contribution in [-0.2, 0) is 0 Å². The molecule has 3 heterocycles. The molecule has 6 heteroatoms. The number of rotatable bonds is 4. The number of thiophene rings is 2. The minimum absolute atomic E-state index is 0.314. The Morgan fingerprint density at radius 2 is 1.19 bits per heavy atom. The summed E-state index contributed by atoms with van der Waals surface area (Å²) in [4.78, 5) is 2.31. The molecule has 7 aromatic carbocycles. The Hall–Kier alpha value is -5.56. The highest BCUT2D eigenvalue weighted by Crippen LogP contribution is 2.52. The van der Waals surface area contributed by atoms with Crippen molar-refractivity contribution in [3.8, 4) is 11.1 Å². The molecule has 0 aliphatic heterocycles. The number of furan rings is 1. The lowest BCUT2D eigenvalue weighted by molar-refractivity contribution is 0.626. The predicted octanol–water partition coefficient (Wildman–Crippen LogP) is 13.7. The summed E-state index contributed by atoms with van der Waals surface area (Å²) in [6.45, 7) is 0. The van der Waals surface area contributed by atoms with Gasteiger partial charge in [0.15, 0.2) is 0 Å². The van der Waals surface area contributed by atoms with Gasteiger partial charge < -0.3 is 9.32 Å². The lowest BCUT2D eigenvalue weighted by Crippen LogP contribution is -2.10. The lowest BCUT2D eigenvalue weighted by Gasteiger charge is -2.27. The molecule has 0 aliphatic carbocycles. The van der Waals surface area contributed by atoms with Crippen LogP contribution < -0.4 is 4.90 Å². The predicted molar refractivity (Wildman–Crippen MR) is 200 cm³/mol. The smallest absolute Gasteiger partial charge is 0.144 e. The second kappa shape index (κ2) is 10.5. The molecule has 228 valence electrons. The Morgan fingerprint density at radius 1 is 0.479 bits per heavy atom. The number of nitrogens with zero attached hydrogens (tertiary/aromatic N) is 1. The molecule has 0 fully saturated rings. The average molecular weight is 660 g/mol. The Kier molecular flexibility index (Phi) is 6.01. The Morgan fingerprint density at radius 3 is 2.04 bits per heavy atom. The summed E-state index contributed by atoms with van der Waals surface area (Å²) >= 11 is 3.39. The van der Waals surface area contributed by atoms with E-state index in [4.69, 9.17) is 4.42 Å². The van der Waals surface area contributed by atoms with E-state index in [1.807, 2.05) is 24.3 Å². The largest absolute Gasteiger partial charge is 0.455 e. The summed E-state index contributed by atoms with van der Waals surface area (Å²) in [5.41, 5.74) is 6.40. The van der Waals surface area contributed by atoms with Crippen molar-refractivity contribution in [2.75, 3.05) is 4.90 Å². The van der Waals surface area contributed by atoms with Crippen LogP contribution in [-0.4, -0.2) is 0 Å². The zero-order valence-corrected chi connectivity index (χ0v) is 26.8. The van der Waals surface area contributed by atoms with Gasteiger partial charge in [0.25, 0.3) is 0 Å². The van der Waals surface area contributed by atoms with Crippen molar-refractivity contribution in [2.24, 2.45) is 0 Å². The topological polar surface area (TPSA) is 16.4 Å². The summed E-state index contributed by atoms with van der Waals surface area (Å²) in [5.74, 6) is -0.651. The molecule has 10 rings (SSSR count). The van der Waals surface area contributed by atoms with Crippen molar-refractivity contribution in [1.82, 2.24) is 0 Å². The first kappa shape index (κ1) is 27.5. The standard InChI is InChI=1S/C42H23F2NOS2/c43-26-15-19-35-30(21-26)31-23-34(42-40(41(31)46-35)32-22-27(44)16-20-37(32)48-42)45(28-17-13-25(14-18-28)24-7-2-1-3-8-24)33-10-6-12-38-39(33)29-9-4-5-11-36(29)47-38/h1-23H. The highest BCUT2D eigenvalue weighted by atomic mass is 32.1. The summed E-state index contributed by atoms with van der Waals surface area (Å²) in [5, 5.41) is 5.41. The Balaban J connectivity index is 1.35. The van der Waals surface area contributed by atoms with Crippen LogP contribution in [0.5, 0.6) is 0 Å². The number of halogens is 2. The van der Waals surface area contributed by atoms with Gasteiger partial charge in [-0.05, 0) is 83.9 Å². The van der Waals surface area contributed by atoms with Crippen LogP contribution in [0.25, 0.3) is 73.4 Å². The van der Waals surface area contributed by atoms with Gasteiger partial charge in [-0.1, -0.05) is 66.7 Å². The summed E-state index contributed by atoms with van der Waals surface area (Å²) in [6.07, 6.45) is 0. The van der Waals surface area contributed by atoms with Crippen molar-refractivity contribution < 1.29 is 13.2 Å². The van der Waals surface area contributed by atoms with Gasteiger partial charge in [-0.2, -0.15) is 0 Å².